The van der Waals surface area contributed by atoms with E-state index in [1.165, 1.54) is 25.7 Å². The van der Waals surface area contributed by atoms with Gasteiger partial charge in [-0.25, -0.2) is 24.9 Å². The summed E-state index contributed by atoms with van der Waals surface area (Å²) in [6.07, 6.45) is 0. The van der Waals surface area contributed by atoms with Gasteiger partial charge < -0.3 is 0 Å². The van der Waals surface area contributed by atoms with Crippen molar-refractivity contribution < 1.29 is 0 Å². The number of thiophene rings is 1. The van der Waals surface area contributed by atoms with Gasteiger partial charge in [0.25, 0.3) is 0 Å². The second-order valence-corrected chi connectivity index (χ2v) is 16.0. The van der Waals surface area contributed by atoms with Gasteiger partial charge in [0.15, 0.2) is 23.3 Å². The molecule has 0 radical (unpaired) electrons. The number of hydrogen-bond donors (Lipinski definition) is 0. The van der Waals surface area contributed by atoms with Crippen LogP contribution in [0.1, 0.15) is 0 Å². The van der Waals surface area contributed by atoms with E-state index in [-0.39, 0.29) is 0 Å². The molecule has 6 heteroatoms. The standard InChI is InChI=1S/C55H35N5S/c1-5-13-38(14-6-1)48-35-49(39-15-7-2-8-16-39)57-52(56-48)42-25-23-37(24-26-42)45-29-31-46-47-33-44(30-32-50(47)61-51(46)34-45)36-21-27-43(28-22-36)55-59-53(40-17-9-3-10-18-40)58-54(60-55)41-19-11-4-12-20-41/h1-35H. The summed E-state index contributed by atoms with van der Waals surface area (Å²) in [7, 11) is 0. The molecule has 0 aliphatic carbocycles. The maximum absolute atomic E-state index is 5.02. The Labute approximate surface area is 357 Å². The van der Waals surface area contributed by atoms with Gasteiger partial charge in [-0.3, -0.25) is 0 Å². The first-order valence-corrected chi connectivity index (χ1v) is 21.0. The van der Waals surface area contributed by atoms with Crippen molar-refractivity contribution in [2.45, 2.75) is 0 Å². The Hall–Kier alpha value is -7.93. The highest BCUT2D eigenvalue weighted by Gasteiger charge is 2.15. The molecule has 11 rings (SSSR count). The molecule has 8 aromatic carbocycles. The lowest BCUT2D eigenvalue weighted by atomic mass is 9.99. The van der Waals surface area contributed by atoms with Crippen LogP contribution in [0.25, 0.3) is 110 Å². The number of aromatic nitrogens is 5. The first kappa shape index (κ1) is 36.2. The van der Waals surface area contributed by atoms with Crippen molar-refractivity contribution in [1.82, 2.24) is 24.9 Å². The van der Waals surface area contributed by atoms with Gasteiger partial charge >= 0.3 is 0 Å². The van der Waals surface area contributed by atoms with Crippen molar-refractivity contribution in [2.24, 2.45) is 0 Å². The van der Waals surface area contributed by atoms with Gasteiger partial charge in [-0.2, -0.15) is 0 Å². The van der Waals surface area contributed by atoms with Crippen molar-refractivity contribution in [3.8, 4) is 90.3 Å². The topological polar surface area (TPSA) is 64.5 Å². The number of hydrogen-bond acceptors (Lipinski definition) is 6. The zero-order valence-corrected chi connectivity index (χ0v) is 33.7. The van der Waals surface area contributed by atoms with Crippen LogP contribution in [0.2, 0.25) is 0 Å². The fraction of sp³-hybridized carbons (Fsp3) is 0. The van der Waals surface area contributed by atoms with Crippen LogP contribution < -0.4 is 0 Å². The molecule has 0 aliphatic heterocycles. The number of rotatable bonds is 8. The van der Waals surface area contributed by atoms with Crippen molar-refractivity contribution in [1.29, 1.82) is 0 Å². The number of nitrogens with zero attached hydrogens (tertiary/aromatic N) is 5. The van der Waals surface area contributed by atoms with Gasteiger partial charge in [0.05, 0.1) is 11.4 Å². The molecule has 0 aliphatic rings. The highest BCUT2D eigenvalue weighted by atomic mass is 32.1. The predicted molar refractivity (Wildman–Crippen MR) is 252 cm³/mol. The zero-order chi connectivity index (χ0) is 40.5. The van der Waals surface area contributed by atoms with Crippen molar-refractivity contribution >= 4 is 31.5 Å². The van der Waals surface area contributed by atoms with Crippen LogP contribution in [0.3, 0.4) is 0 Å². The molecule has 5 nitrogen and oxygen atoms in total. The summed E-state index contributed by atoms with van der Waals surface area (Å²) in [5, 5.41) is 2.51. The predicted octanol–water partition coefficient (Wildman–Crippen LogP) is 14.4. The summed E-state index contributed by atoms with van der Waals surface area (Å²) in [5.74, 6) is 2.66. The molecule has 3 aromatic heterocycles. The Morgan fingerprint density at radius 2 is 0.590 bits per heavy atom. The minimum atomic E-state index is 0.645. The van der Waals surface area contributed by atoms with Gasteiger partial charge in [-0.15, -0.1) is 11.3 Å². The maximum Gasteiger partial charge on any atom is 0.164 e. The van der Waals surface area contributed by atoms with E-state index < -0.39 is 0 Å². The van der Waals surface area contributed by atoms with E-state index in [1.807, 2.05) is 108 Å². The second-order valence-electron chi connectivity index (χ2n) is 14.9. The smallest absolute Gasteiger partial charge is 0.164 e. The summed E-state index contributed by atoms with van der Waals surface area (Å²) < 4.78 is 2.52. The van der Waals surface area contributed by atoms with Crippen LogP contribution in [0.4, 0.5) is 0 Å². The van der Waals surface area contributed by atoms with Crippen LogP contribution in [0.5, 0.6) is 0 Å². The molecular formula is C55H35N5S. The Morgan fingerprint density at radius 1 is 0.230 bits per heavy atom. The van der Waals surface area contributed by atoms with Crippen molar-refractivity contribution in [2.75, 3.05) is 0 Å². The monoisotopic (exact) mass is 797 g/mol. The van der Waals surface area contributed by atoms with Crippen molar-refractivity contribution in [3.05, 3.63) is 212 Å². The molecule has 11 aromatic rings. The third kappa shape index (κ3) is 7.26. The molecule has 0 bridgehead atoms. The van der Waals surface area contributed by atoms with Crippen LogP contribution >= 0.6 is 11.3 Å². The number of benzene rings is 8. The summed E-state index contributed by atoms with van der Waals surface area (Å²) in [4.78, 5) is 24.7. The Kier molecular flexibility index (Phi) is 9.30. The molecule has 3 heterocycles. The zero-order valence-electron chi connectivity index (χ0n) is 32.9. The van der Waals surface area contributed by atoms with Gasteiger partial charge in [0.1, 0.15) is 0 Å². The fourth-order valence-corrected chi connectivity index (χ4v) is 8.91. The molecule has 0 unspecified atom stereocenters. The highest BCUT2D eigenvalue weighted by Crippen LogP contribution is 2.39. The second kappa shape index (κ2) is 15.7. The molecule has 0 N–H and O–H groups in total. The van der Waals surface area contributed by atoms with E-state index in [0.29, 0.717) is 23.3 Å². The molecule has 0 saturated heterocycles. The van der Waals surface area contributed by atoms with E-state index in [2.05, 4.69) is 115 Å². The van der Waals surface area contributed by atoms with E-state index in [1.54, 1.807) is 0 Å². The summed E-state index contributed by atoms with van der Waals surface area (Å²) in [6.45, 7) is 0. The van der Waals surface area contributed by atoms with Gasteiger partial charge in [0, 0.05) is 53.6 Å². The van der Waals surface area contributed by atoms with E-state index >= 15 is 0 Å². The van der Waals surface area contributed by atoms with Crippen LogP contribution in [-0.2, 0) is 0 Å². The Bertz CT molecular complexity index is 3200. The highest BCUT2D eigenvalue weighted by molar-refractivity contribution is 7.25. The molecule has 0 atom stereocenters. The normalized spacial score (nSPS) is 11.3. The average Bonchev–Trinajstić information content (AvgIpc) is 3.72. The van der Waals surface area contributed by atoms with Crippen LogP contribution in [0.15, 0.2) is 212 Å². The minimum absolute atomic E-state index is 0.645. The molecule has 286 valence electrons. The summed E-state index contributed by atoms with van der Waals surface area (Å²) in [6, 6.07) is 73.5. The summed E-state index contributed by atoms with van der Waals surface area (Å²) >= 11 is 1.83. The summed E-state index contributed by atoms with van der Waals surface area (Å²) in [5.41, 5.74) is 12.4. The van der Waals surface area contributed by atoms with Crippen LogP contribution in [-0.4, -0.2) is 24.9 Å². The average molecular weight is 798 g/mol. The molecule has 0 spiro atoms. The lowest BCUT2D eigenvalue weighted by Crippen LogP contribution is -2.00. The van der Waals surface area contributed by atoms with Crippen molar-refractivity contribution in [3.63, 3.8) is 0 Å². The van der Waals surface area contributed by atoms with Gasteiger partial charge in [0.2, 0.25) is 0 Å². The maximum atomic E-state index is 5.02. The lowest BCUT2D eigenvalue weighted by molar-refractivity contribution is 1.07. The first-order valence-electron chi connectivity index (χ1n) is 20.2. The van der Waals surface area contributed by atoms with E-state index in [9.17, 15) is 0 Å². The third-order valence-electron chi connectivity index (χ3n) is 11.0. The minimum Gasteiger partial charge on any atom is -0.228 e. The Morgan fingerprint density at radius 3 is 1.07 bits per heavy atom. The van der Waals surface area contributed by atoms with Gasteiger partial charge in [-0.1, -0.05) is 188 Å². The van der Waals surface area contributed by atoms with E-state index in [0.717, 1.165) is 61.5 Å². The first-order chi connectivity index (χ1) is 30.2. The lowest BCUT2D eigenvalue weighted by Gasteiger charge is -2.10. The largest absolute Gasteiger partial charge is 0.228 e. The fourth-order valence-electron chi connectivity index (χ4n) is 7.79. The molecule has 0 amide bonds. The SMILES string of the molecule is c1ccc(-c2cc(-c3ccccc3)nc(-c3ccc(-c4ccc5c(c4)sc4ccc(-c6ccc(-c7nc(-c8ccccc8)nc(-c8ccccc8)n7)cc6)cc45)cc3)n2)cc1. The molecular weight excluding hydrogens is 763 g/mol. The molecule has 0 fully saturated rings. The quantitative estimate of drug-likeness (QED) is 0.153. The number of fused-ring (bicyclic) bond motifs is 3. The Balaban J connectivity index is 0.880. The van der Waals surface area contributed by atoms with Crippen LogP contribution in [0, 0.1) is 0 Å². The van der Waals surface area contributed by atoms with Gasteiger partial charge in [-0.05, 0) is 46.5 Å². The molecule has 0 saturated carbocycles. The van der Waals surface area contributed by atoms with E-state index in [4.69, 9.17) is 24.9 Å². The molecule has 61 heavy (non-hydrogen) atoms. The third-order valence-corrected chi connectivity index (χ3v) is 12.1.